The van der Waals surface area contributed by atoms with Crippen LogP contribution in [-0.4, -0.2) is 42.1 Å². The van der Waals surface area contributed by atoms with Crippen molar-refractivity contribution in [2.24, 2.45) is 0 Å². The Labute approximate surface area is 140 Å². The highest BCUT2D eigenvalue weighted by molar-refractivity contribution is 7.14. The Morgan fingerprint density at radius 3 is 2.61 bits per heavy atom. The predicted molar refractivity (Wildman–Crippen MR) is 93.6 cm³/mol. The van der Waals surface area contributed by atoms with Gasteiger partial charge in [-0.25, -0.2) is 9.37 Å². The van der Waals surface area contributed by atoms with Gasteiger partial charge in [0.05, 0.1) is 5.69 Å². The topological polar surface area (TPSA) is 19.4 Å². The third-order valence-corrected chi connectivity index (χ3v) is 5.86. The van der Waals surface area contributed by atoms with E-state index in [9.17, 15) is 4.39 Å². The molecule has 2 aliphatic rings. The van der Waals surface area contributed by atoms with Gasteiger partial charge in [-0.3, -0.25) is 4.90 Å². The number of anilines is 1. The summed E-state index contributed by atoms with van der Waals surface area (Å²) in [6.45, 7) is 4.71. The fourth-order valence-electron chi connectivity index (χ4n) is 3.70. The number of hydrogen-bond donors (Lipinski definition) is 0. The summed E-state index contributed by atoms with van der Waals surface area (Å²) in [7, 11) is 0. The molecule has 0 amide bonds. The van der Waals surface area contributed by atoms with Gasteiger partial charge in [-0.05, 0) is 63.0 Å². The number of hydrogen-bond acceptors (Lipinski definition) is 4. The molecule has 0 N–H and O–H groups in total. The van der Waals surface area contributed by atoms with Crippen LogP contribution in [0.3, 0.4) is 0 Å². The maximum atomic E-state index is 13.1. The summed E-state index contributed by atoms with van der Waals surface area (Å²) < 4.78 is 13.1. The minimum absolute atomic E-state index is 0.200. The lowest BCUT2D eigenvalue weighted by molar-refractivity contribution is 0.215. The van der Waals surface area contributed by atoms with Crippen molar-refractivity contribution in [2.45, 2.75) is 31.7 Å². The number of halogens is 1. The van der Waals surface area contributed by atoms with Crippen molar-refractivity contribution < 1.29 is 4.39 Å². The van der Waals surface area contributed by atoms with Gasteiger partial charge in [0.1, 0.15) is 5.82 Å². The van der Waals surface area contributed by atoms with Crippen LogP contribution in [0.5, 0.6) is 0 Å². The second-order valence-electron chi connectivity index (χ2n) is 6.51. The van der Waals surface area contributed by atoms with E-state index in [0.717, 1.165) is 29.5 Å². The van der Waals surface area contributed by atoms with Gasteiger partial charge in [-0.15, -0.1) is 11.3 Å². The van der Waals surface area contributed by atoms with E-state index in [4.69, 9.17) is 4.98 Å². The molecule has 23 heavy (non-hydrogen) atoms. The maximum Gasteiger partial charge on any atom is 0.185 e. The Bertz CT molecular complexity index is 649. The zero-order valence-corrected chi connectivity index (χ0v) is 14.1. The molecule has 3 nitrogen and oxygen atoms in total. The lowest BCUT2D eigenvalue weighted by Crippen LogP contribution is -2.47. The van der Waals surface area contributed by atoms with Crippen molar-refractivity contribution in [1.29, 1.82) is 0 Å². The first-order valence-corrected chi connectivity index (χ1v) is 9.38. The molecular formula is C18H22FN3S. The van der Waals surface area contributed by atoms with Crippen molar-refractivity contribution in [3.8, 4) is 11.3 Å². The molecule has 122 valence electrons. The molecule has 3 heterocycles. The molecule has 0 bridgehead atoms. The maximum absolute atomic E-state index is 13.1. The van der Waals surface area contributed by atoms with Crippen LogP contribution in [0.2, 0.25) is 0 Å². The molecule has 4 rings (SSSR count). The SMILES string of the molecule is Fc1ccc(-c2csc(N3CCCC(N4CCCC4)C3)n2)cc1. The van der Waals surface area contributed by atoms with E-state index in [1.165, 1.54) is 50.9 Å². The lowest BCUT2D eigenvalue weighted by atomic mass is 10.1. The lowest BCUT2D eigenvalue weighted by Gasteiger charge is -2.37. The summed E-state index contributed by atoms with van der Waals surface area (Å²) in [6.07, 6.45) is 5.25. The Kier molecular flexibility index (Phi) is 4.31. The number of thiazole rings is 1. The highest BCUT2D eigenvalue weighted by Gasteiger charge is 2.28. The van der Waals surface area contributed by atoms with Crippen molar-refractivity contribution >= 4 is 16.5 Å². The van der Waals surface area contributed by atoms with Crippen LogP contribution in [0.1, 0.15) is 25.7 Å². The average Bonchev–Trinajstić information content (AvgIpc) is 3.28. The first-order chi connectivity index (χ1) is 11.3. The Morgan fingerprint density at radius 2 is 1.83 bits per heavy atom. The van der Waals surface area contributed by atoms with Crippen LogP contribution in [0.25, 0.3) is 11.3 Å². The van der Waals surface area contributed by atoms with Gasteiger partial charge in [0.25, 0.3) is 0 Å². The molecule has 2 aromatic rings. The summed E-state index contributed by atoms with van der Waals surface area (Å²) in [5.74, 6) is -0.200. The van der Waals surface area contributed by atoms with Crippen LogP contribution in [-0.2, 0) is 0 Å². The van der Waals surface area contributed by atoms with Crippen molar-refractivity contribution in [3.05, 3.63) is 35.5 Å². The first kappa shape index (κ1) is 15.1. The summed E-state index contributed by atoms with van der Waals surface area (Å²) in [5.41, 5.74) is 1.94. The number of nitrogens with zero attached hydrogens (tertiary/aromatic N) is 3. The molecule has 0 aliphatic carbocycles. The summed E-state index contributed by atoms with van der Waals surface area (Å²) in [4.78, 5) is 9.89. The summed E-state index contributed by atoms with van der Waals surface area (Å²) in [5, 5.41) is 3.19. The number of benzene rings is 1. The van der Waals surface area contributed by atoms with E-state index in [2.05, 4.69) is 15.2 Å². The quantitative estimate of drug-likeness (QED) is 0.847. The number of piperidine rings is 1. The Morgan fingerprint density at radius 1 is 1.04 bits per heavy atom. The van der Waals surface area contributed by atoms with Gasteiger partial charge in [0.15, 0.2) is 5.13 Å². The highest BCUT2D eigenvalue weighted by Crippen LogP contribution is 2.30. The number of aromatic nitrogens is 1. The molecule has 5 heteroatoms. The third-order valence-electron chi connectivity index (χ3n) is 4.96. The van der Waals surface area contributed by atoms with E-state index in [-0.39, 0.29) is 5.82 Å². The Hall–Kier alpha value is -1.46. The van der Waals surface area contributed by atoms with E-state index >= 15 is 0 Å². The van der Waals surface area contributed by atoms with Crippen LogP contribution in [0.15, 0.2) is 29.6 Å². The number of rotatable bonds is 3. The van der Waals surface area contributed by atoms with Crippen LogP contribution < -0.4 is 4.90 Å². The van der Waals surface area contributed by atoms with Crippen molar-refractivity contribution in [2.75, 3.05) is 31.1 Å². The van der Waals surface area contributed by atoms with Crippen LogP contribution >= 0.6 is 11.3 Å². The zero-order valence-electron chi connectivity index (χ0n) is 13.2. The minimum atomic E-state index is -0.200. The van der Waals surface area contributed by atoms with Gasteiger partial charge >= 0.3 is 0 Å². The summed E-state index contributed by atoms with van der Waals surface area (Å²) in [6, 6.07) is 7.29. The summed E-state index contributed by atoms with van der Waals surface area (Å²) >= 11 is 1.70. The molecule has 0 radical (unpaired) electrons. The second kappa shape index (κ2) is 6.57. The molecule has 0 saturated carbocycles. The van der Waals surface area contributed by atoms with E-state index in [1.807, 2.05) is 0 Å². The van der Waals surface area contributed by atoms with Gasteiger partial charge in [0.2, 0.25) is 0 Å². The largest absolute Gasteiger partial charge is 0.347 e. The second-order valence-corrected chi connectivity index (χ2v) is 7.34. The molecule has 1 aromatic heterocycles. The molecule has 1 atom stereocenters. The van der Waals surface area contributed by atoms with E-state index < -0.39 is 0 Å². The Balaban J connectivity index is 1.48. The van der Waals surface area contributed by atoms with Crippen LogP contribution in [0, 0.1) is 5.82 Å². The minimum Gasteiger partial charge on any atom is -0.347 e. The van der Waals surface area contributed by atoms with Gasteiger partial charge < -0.3 is 4.90 Å². The molecule has 2 aliphatic heterocycles. The van der Waals surface area contributed by atoms with Crippen molar-refractivity contribution in [3.63, 3.8) is 0 Å². The third kappa shape index (κ3) is 3.26. The number of likely N-dealkylation sites (tertiary alicyclic amines) is 1. The molecular weight excluding hydrogens is 309 g/mol. The zero-order chi connectivity index (χ0) is 15.6. The predicted octanol–water partition coefficient (Wildman–Crippen LogP) is 4.01. The van der Waals surface area contributed by atoms with Gasteiger partial charge in [0, 0.05) is 30.1 Å². The normalized spacial score (nSPS) is 22.7. The van der Waals surface area contributed by atoms with Crippen molar-refractivity contribution in [1.82, 2.24) is 9.88 Å². The van der Waals surface area contributed by atoms with Gasteiger partial charge in [-0.2, -0.15) is 0 Å². The first-order valence-electron chi connectivity index (χ1n) is 8.50. The molecule has 1 unspecified atom stereocenters. The monoisotopic (exact) mass is 331 g/mol. The van der Waals surface area contributed by atoms with Crippen LogP contribution in [0.4, 0.5) is 9.52 Å². The fourth-order valence-corrected chi connectivity index (χ4v) is 4.57. The average molecular weight is 331 g/mol. The fraction of sp³-hybridized carbons (Fsp3) is 0.500. The molecule has 0 spiro atoms. The molecule has 2 fully saturated rings. The van der Waals surface area contributed by atoms with E-state index in [0.29, 0.717) is 6.04 Å². The smallest absolute Gasteiger partial charge is 0.185 e. The highest BCUT2D eigenvalue weighted by atomic mass is 32.1. The molecule has 1 aromatic carbocycles. The standard InChI is InChI=1S/C18H22FN3S/c19-15-7-5-14(6-8-15)17-13-23-18(20-17)22-11-3-4-16(12-22)21-9-1-2-10-21/h5-8,13,16H,1-4,9-12H2. The van der Waals surface area contributed by atoms with E-state index in [1.54, 1.807) is 23.5 Å². The van der Waals surface area contributed by atoms with Gasteiger partial charge in [-0.1, -0.05) is 0 Å². The molecule has 2 saturated heterocycles.